The van der Waals surface area contributed by atoms with Crippen molar-refractivity contribution >= 4 is 5.91 Å². The zero-order valence-corrected chi connectivity index (χ0v) is 8.22. The molecule has 0 aliphatic heterocycles. The second-order valence-corrected chi connectivity index (χ2v) is 3.15. The third-order valence-corrected chi connectivity index (χ3v) is 2.07. The number of nitrogens with zero attached hydrogens (tertiary/aromatic N) is 1. The van der Waals surface area contributed by atoms with Crippen LogP contribution in [0.5, 0.6) is 0 Å². The molecule has 0 radical (unpaired) electrons. The van der Waals surface area contributed by atoms with Crippen LogP contribution < -0.4 is 5.73 Å². The van der Waals surface area contributed by atoms with E-state index < -0.39 is 28.8 Å². The van der Waals surface area contributed by atoms with Crippen molar-refractivity contribution in [2.45, 2.75) is 13.1 Å². The predicted octanol–water partition coefficient (Wildman–Crippen LogP) is 1.98. The Labute approximate surface area is 89.3 Å². The van der Waals surface area contributed by atoms with Crippen molar-refractivity contribution in [1.29, 1.82) is 5.26 Å². The van der Waals surface area contributed by atoms with Crippen LogP contribution in [-0.2, 0) is 6.18 Å². The van der Waals surface area contributed by atoms with Gasteiger partial charge in [0.25, 0.3) is 0 Å². The highest BCUT2D eigenvalue weighted by atomic mass is 19.4. The number of hydrogen-bond acceptors (Lipinski definition) is 2. The average molecular weight is 228 g/mol. The Morgan fingerprint density at radius 3 is 2.38 bits per heavy atom. The van der Waals surface area contributed by atoms with Crippen molar-refractivity contribution in [1.82, 2.24) is 0 Å². The van der Waals surface area contributed by atoms with Crippen molar-refractivity contribution in [2.75, 3.05) is 0 Å². The lowest BCUT2D eigenvalue weighted by molar-refractivity contribution is -0.138. The largest absolute Gasteiger partial charge is 0.418 e. The molecule has 0 aliphatic carbocycles. The van der Waals surface area contributed by atoms with E-state index in [4.69, 9.17) is 11.0 Å². The SMILES string of the molecule is Cc1ccc(C(N)=O)c(C(F)(F)F)c1C#N. The van der Waals surface area contributed by atoms with Crippen LogP contribution in [0.2, 0.25) is 0 Å². The second-order valence-electron chi connectivity index (χ2n) is 3.15. The standard InChI is InChI=1S/C10H7F3N2O/c1-5-2-3-6(9(15)16)8(7(5)4-14)10(11,12)13/h2-3H,1H3,(H2,15,16). The van der Waals surface area contributed by atoms with Crippen LogP contribution >= 0.6 is 0 Å². The van der Waals surface area contributed by atoms with Gasteiger partial charge in [-0.2, -0.15) is 18.4 Å². The summed E-state index contributed by atoms with van der Waals surface area (Å²) < 4.78 is 38.0. The molecule has 6 heteroatoms. The molecule has 0 saturated heterocycles. The van der Waals surface area contributed by atoms with Crippen molar-refractivity contribution in [2.24, 2.45) is 5.73 Å². The first-order valence-corrected chi connectivity index (χ1v) is 4.19. The molecule has 3 nitrogen and oxygen atoms in total. The molecule has 2 N–H and O–H groups in total. The van der Waals surface area contributed by atoms with Gasteiger partial charge in [0.05, 0.1) is 16.7 Å². The molecule has 1 aromatic rings. The molecule has 0 unspecified atom stereocenters. The molecule has 0 heterocycles. The first-order valence-electron chi connectivity index (χ1n) is 4.19. The van der Waals surface area contributed by atoms with Crippen molar-refractivity contribution < 1.29 is 18.0 Å². The number of aryl methyl sites for hydroxylation is 1. The number of amides is 1. The average Bonchev–Trinajstić information content (AvgIpc) is 2.15. The molecule has 0 saturated carbocycles. The molecule has 0 fully saturated rings. The quantitative estimate of drug-likeness (QED) is 0.798. The molecule has 1 aromatic carbocycles. The minimum absolute atomic E-state index is 0.153. The number of alkyl halides is 3. The summed E-state index contributed by atoms with van der Waals surface area (Å²) in [5.74, 6) is -1.20. The minimum Gasteiger partial charge on any atom is -0.366 e. The summed E-state index contributed by atoms with van der Waals surface area (Å²) >= 11 is 0. The molecule has 0 aliphatic rings. The Bertz CT molecular complexity index is 486. The van der Waals surface area contributed by atoms with Gasteiger partial charge in [0, 0.05) is 0 Å². The first kappa shape index (κ1) is 12.0. The van der Waals surface area contributed by atoms with E-state index >= 15 is 0 Å². The zero-order valence-electron chi connectivity index (χ0n) is 8.22. The highest BCUT2D eigenvalue weighted by molar-refractivity contribution is 5.95. The van der Waals surface area contributed by atoms with Gasteiger partial charge in [-0.05, 0) is 18.6 Å². The number of primary amides is 1. The fraction of sp³-hybridized carbons (Fsp3) is 0.200. The van der Waals surface area contributed by atoms with Gasteiger partial charge in [0.1, 0.15) is 6.07 Å². The van der Waals surface area contributed by atoms with Crippen LogP contribution in [0.3, 0.4) is 0 Å². The molecule has 1 rings (SSSR count). The van der Waals surface area contributed by atoms with E-state index in [1.807, 2.05) is 0 Å². The first-order chi connectivity index (χ1) is 7.29. The van der Waals surface area contributed by atoms with Crippen LogP contribution in [0.25, 0.3) is 0 Å². The van der Waals surface area contributed by atoms with Gasteiger partial charge in [0.2, 0.25) is 5.91 Å². The maximum absolute atomic E-state index is 12.7. The maximum atomic E-state index is 12.7. The van der Waals surface area contributed by atoms with Gasteiger partial charge in [-0.1, -0.05) is 6.07 Å². The lowest BCUT2D eigenvalue weighted by Crippen LogP contribution is -2.20. The normalized spacial score (nSPS) is 10.9. The number of nitriles is 1. The van der Waals surface area contributed by atoms with Gasteiger partial charge >= 0.3 is 6.18 Å². The molecule has 0 aromatic heterocycles. The third kappa shape index (κ3) is 1.98. The minimum atomic E-state index is -4.78. The number of benzene rings is 1. The van der Waals surface area contributed by atoms with Crippen molar-refractivity contribution in [3.63, 3.8) is 0 Å². The zero-order chi connectivity index (χ0) is 12.5. The summed E-state index contributed by atoms with van der Waals surface area (Å²) in [6.45, 7) is 1.36. The fourth-order valence-electron chi connectivity index (χ4n) is 1.35. The maximum Gasteiger partial charge on any atom is 0.418 e. The van der Waals surface area contributed by atoms with Crippen LogP contribution in [-0.4, -0.2) is 5.91 Å². The van der Waals surface area contributed by atoms with Gasteiger partial charge in [-0.25, -0.2) is 0 Å². The number of hydrogen-bond donors (Lipinski definition) is 1. The summed E-state index contributed by atoms with van der Waals surface area (Å²) in [6, 6.07) is 3.67. The van der Waals surface area contributed by atoms with Crippen LogP contribution in [0, 0.1) is 18.3 Å². The highest BCUT2D eigenvalue weighted by Gasteiger charge is 2.38. The molecular formula is C10H7F3N2O. The molecule has 0 spiro atoms. The summed E-state index contributed by atoms with van der Waals surface area (Å²) in [5, 5.41) is 8.67. The van der Waals surface area contributed by atoms with Crippen molar-refractivity contribution in [3.8, 4) is 6.07 Å². The van der Waals surface area contributed by atoms with Crippen molar-refractivity contribution in [3.05, 3.63) is 34.4 Å². The Kier molecular flexibility index (Phi) is 2.90. The highest BCUT2D eigenvalue weighted by Crippen LogP contribution is 2.35. The number of halogens is 3. The number of carbonyl (C=O) groups is 1. The van der Waals surface area contributed by atoms with E-state index in [1.165, 1.54) is 19.1 Å². The predicted molar refractivity (Wildman–Crippen MR) is 49.4 cm³/mol. The number of carbonyl (C=O) groups excluding carboxylic acids is 1. The van der Waals surface area contributed by atoms with Gasteiger partial charge in [-0.15, -0.1) is 0 Å². The fourth-order valence-corrected chi connectivity index (χ4v) is 1.35. The lowest BCUT2D eigenvalue weighted by atomic mass is 9.96. The Morgan fingerprint density at radius 2 is 2.00 bits per heavy atom. The molecular weight excluding hydrogens is 221 g/mol. The summed E-state index contributed by atoms with van der Waals surface area (Å²) in [4.78, 5) is 10.9. The molecule has 16 heavy (non-hydrogen) atoms. The van der Waals surface area contributed by atoms with E-state index in [1.54, 1.807) is 0 Å². The monoisotopic (exact) mass is 228 g/mol. The molecule has 84 valence electrons. The van der Waals surface area contributed by atoms with E-state index in [9.17, 15) is 18.0 Å². The Hall–Kier alpha value is -2.03. The summed E-state index contributed by atoms with van der Waals surface area (Å²) in [6.07, 6.45) is -4.78. The Balaban J connectivity index is 3.70. The van der Waals surface area contributed by atoms with E-state index in [2.05, 4.69) is 0 Å². The molecule has 0 atom stereocenters. The third-order valence-electron chi connectivity index (χ3n) is 2.07. The number of nitrogens with two attached hydrogens (primary N) is 1. The smallest absolute Gasteiger partial charge is 0.366 e. The van der Waals surface area contributed by atoms with Crippen LogP contribution in [0.15, 0.2) is 12.1 Å². The van der Waals surface area contributed by atoms with Crippen LogP contribution in [0.4, 0.5) is 13.2 Å². The topological polar surface area (TPSA) is 66.9 Å². The van der Waals surface area contributed by atoms with Gasteiger partial charge < -0.3 is 5.73 Å². The van der Waals surface area contributed by atoms with E-state index in [0.29, 0.717) is 0 Å². The van der Waals surface area contributed by atoms with Gasteiger partial charge in [-0.3, -0.25) is 4.79 Å². The van der Waals surface area contributed by atoms with Crippen LogP contribution in [0.1, 0.15) is 27.0 Å². The summed E-state index contributed by atoms with van der Waals surface area (Å²) in [5.41, 5.74) is 2.48. The molecule has 0 bridgehead atoms. The van der Waals surface area contributed by atoms with E-state index in [-0.39, 0.29) is 5.56 Å². The second kappa shape index (κ2) is 3.85. The van der Waals surface area contributed by atoms with Gasteiger partial charge in [0.15, 0.2) is 0 Å². The van der Waals surface area contributed by atoms with E-state index in [0.717, 1.165) is 6.07 Å². The number of rotatable bonds is 1. The summed E-state index contributed by atoms with van der Waals surface area (Å²) in [7, 11) is 0. The Morgan fingerprint density at radius 1 is 1.44 bits per heavy atom. The molecule has 1 amide bonds. The lowest BCUT2D eigenvalue weighted by Gasteiger charge is -2.13.